The molecule has 2 atom stereocenters. The molecule has 2 rings (SSSR count). The molecule has 1 aliphatic rings. The highest BCUT2D eigenvalue weighted by atomic mass is 19.1. The summed E-state index contributed by atoms with van der Waals surface area (Å²) in [4.78, 5) is 0. The van der Waals surface area contributed by atoms with Gasteiger partial charge < -0.3 is 14.6 Å². The summed E-state index contributed by atoms with van der Waals surface area (Å²) in [5.41, 5.74) is 0.668. The lowest BCUT2D eigenvalue weighted by molar-refractivity contribution is -0.0456. The summed E-state index contributed by atoms with van der Waals surface area (Å²) in [6.45, 7) is 0.492. The summed E-state index contributed by atoms with van der Waals surface area (Å²) >= 11 is 0. The monoisotopic (exact) mass is 226 g/mol. The van der Waals surface area contributed by atoms with Crippen molar-refractivity contribution in [3.05, 3.63) is 29.6 Å². The van der Waals surface area contributed by atoms with Crippen molar-refractivity contribution in [1.29, 1.82) is 0 Å². The fraction of sp³-hybridized carbons (Fsp3) is 0.500. The van der Waals surface area contributed by atoms with Crippen molar-refractivity contribution < 1.29 is 19.0 Å². The third kappa shape index (κ3) is 2.33. The highest BCUT2D eigenvalue weighted by Gasteiger charge is 2.25. The Hall–Kier alpha value is -1.13. The van der Waals surface area contributed by atoms with E-state index in [0.717, 1.165) is 0 Å². The molecule has 1 aromatic carbocycles. The first-order valence-corrected chi connectivity index (χ1v) is 5.34. The van der Waals surface area contributed by atoms with Crippen molar-refractivity contribution in [2.45, 2.75) is 25.0 Å². The Balaban J connectivity index is 2.26. The highest BCUT2D eigenvalue weighted by Crippen LogP contribution is 2.34. The smallest absolute Gasteiger partial charge is 0.124 e. The summed E-state index contributed by atoms with van der Waals surface area (Å²) in [6, 6.07) is 4.33. The lowest BCUT2D eigenvalue weighted by Crippen LogP contribution is -2.23. The van der Waals surface area contributed by atoms with E-state index in [4.69, 9.17) is 9.47 Å². The van der Waals surface area contributed by atoms with E-state index in [-0.39, 0.29) is 18.0 Å². The molecule has 1 aliphatic heterocycles. The molecule has 1 aromatic rings. The van der Waals surface area contributed by atoms with Crippen molar-refractivity contribution in [2.75, 3.05) is 13.7 Å². The third-order valence-corrected chi connectivity index (χ3v) is 2.79. The molecule has 0 aromatic heterocycles. The molecule has 0 radical (unpaired) electrons. The van der Waals surface area contributed by atoms with Crippen LogP contribution in [0.5, 0.6) is 5.75 Å². The van der Waals surface area contributed by atoms with Crippen LogP contribution in [0.4, 0.5) is 4.39 Å². The number of hydrogen-bond donors (Lipinski definition) is 1. The fourth-order valence-electron chi connectivity index (χ4n) is 1.95. The summed E-state index contributed by atoms with van der Waals surface area (Å²) in [6.07, 6.45) is 0.453. The van der Waals surface area contributed by atoms with E-state index in [1.165, 1.54) is 19.2 Å². The Morgan fingerprint density at radius 3 is 3.00 bits per heavy atom. The van der Waals surface area contributed by atoms with E-state index in [0.29, 0.717) is 30.8 Å². The van der Waals surface area contributed by atoms with E-state index in [2.05, 4.69) is 0 Å². The summed E-state index contributed by atoms with van der Waals surface area (Å²) in [5, 5.41) is 9.56. The first-order chi connectivity index (χ1) is 7.70. The average molecular weight is 226 g/mol. The molecule has 16 heavy (non-hydrogen) atoms. The minimum Gasteiger partial charge on any atom is -0.496 e. The zero-order valence-electron chi connectivity index (χ0n) is 9.15. The number of rotatable bonds is 2. The van der Waals surface area contributed by atoms with Crippen molar-refractivity contribution in [1.82, 2.24) is 0 Å². The molecule has 0 bridgehead atoms. The van der Waals surface area contributed by atoms with Gasteiger partial charge in [0, 0.05) is 18.6 Å². The molecule has 2 unspecified atom stereocenters. The summed E-state index contributed by atoms with van der Waals surface area (Å²) < 4.78 is 23.8. The fourth-order valence-corrected chi connectivity index (χ4v) is 1.95. The predicted molar refractivity (Wildman–Crippen MR) is 56.9 cm³/mol. The second kappa shape index (κ2) is 4.80. The molecule has 0 saturated carbocycles. The second-order valence-electron chi connectivity index (χ2n) is 3.92. The maximum Gasteiger partial charge on any atom is 0.124 e. The summed E-state index contributed by atoms with van der Waals surface area (Å²) in [7, 11) is 1.54. The van der Waals surface area contributed by atoms with Crippen LogP contribution in [-0.4, -0.2) is 24.9 Å². The number of aliphatic hydroxyl groups excluding tert-OH is 1. The molecule has 88 valence electrons. The van der Waals surface area contributed by atoms with E-state index in [9.17, 15) is 9.50 Å². The topological polar surface area (TPSA) is 38.7 Å². The molecular formula is C12H15FO3. The van der Waals surface area contributed by atoms with Crippen LogP contribution in [0.3, 0.4) is 0 Å². The van der Waals surface area contributed by atoms with Gasteiger partial charge in [-0.25, -0.2) is 4.39 Å². The van der Waals surface area contributed by atoms with Crippen molar-refractivity contribution in [3.8, 4) is 5.75 Å². The average Bonchev–Trinajstić information content (AvgIpc) is 2.29. The number of ether oxygens (including phenoxy) is 2. The lowest BCUT2D eigenvalue weighted by atomic mass is 9.98. The molecule has 0 spiro atoms. The first-order valence-electron chi connectivity index (χ1n) is 5.34. The Kier molecular flexibility index (Phi) is 3.41. The standard InChI is InChI=1S/C12H15FO3/c1-15-11-3-2-8(13)6-10(11)12-7-9(14)4-5-16-12/h2-3,6,9,12,14H,4-5,7H2,1H3. The first kappa shape index (κ1) is 11.4. The Bertz CT molecular complexity index is 367. The van der Waals surface area contributed by atoms with Gasteiger partial charge in [0.1, 0.15) is 11.6 Å². The van der Waals surface area contributed by atoms with Gasteiger partial charge in [0.25, 0.3) is 0 Å². The van der Waals surface area contributed by atoms with Gasteiger partial charge >= 0.3 is 0 Å². The third-order valence-electron chi connectivity index (χ3n) is 2.79. The minimum atomic E-state index is -0.383. The quantitative estimate of drug-likeness (QED) is 0.838. The molecule has 1 saturated heterocycles. The van der Waals surface area contributed by atoms with Crippen LogP contribution in [0.25, 0.3) is 0 Å². The second-order valence-corrected chi connectivity index (χ2v) is 3.92. The maximum atomic E-state index is 13.2. The van der Waals surface area contributed by atoms with Gasteiger partial charge in [-0.1, -0.05) is 0 Å². The summed E-state index contributed by atoms with van der Waals surface area (Å²) in [5.74, 6) is 0.278. The Morgan fingerprint density at radius 2 is 2.31 bits per heavy atom. The van der Waals surface area contributed by atoms with Crippen LogP contribution >= 0.6 is 0 Å². The Labute approximate surface area is 93.8 Å². The molecule has 1 N–H and O–H groups in total. The molecule has 1 fully saturated rings. The van der Waals surface area contributed by atoms with Crippen LogP contribution in [0.15, 0.2) is 18.2 Å². The van der Waals surface area contributed by atoms with Gasteiger partial charge in [0.2, 0.25) is 0 Å². The zero-order chi connectivity index (χ0) is 11.5. The maximum absolute atomic E-state index is 13.2. The van der Waals surface area contributed by atoms with Crippen LogP contribution in [0.2, 0.25) is 0 Å². The van der Waals surface area contributed by atoms with Crippen molar-refractivity contribution in [3.63, 3.8) is 0 Å². The highest BCUT2D eigenvalue weighted by molar-refractivity contribution is 5.36. The number of hydrogen-bond acceptors (Lipinski definition) is 3. The SMILES string of the molecule is COc1ccc(F)cc1C1CC(O)CCO1. The Morgan fingerprint density at radius 1 is 1.50 bits per heavy atom. The van der Waals surface area contributed by atoms with E-state index in [1.54, 1.807) is 6.07 Å². The van der Waals surface area contributed by atoms with Gasteiger partial charge in [0.15, 0.2) is 0 Å². The van der Waals surface area contributed by atoms with Crippen molar-refractivity contribution in [2.24, 2.45) is 0 Å². The molecule has 0 aliphatic carbocycles. The van der Waals surface area contributed by atoms with E-state index >= 15 is 0 Å². The molecule has 0 amide bonds. The molecule has 4 heteroatoms. The number of halogens is 1. The molecular weight excluding hydrogens is 211 g/mol. The van der Waals surface area contributed by atoms with E-state index < -0.39 is 0 Å². The number of aliphatic hydroxyl groups is 1. The van der Waals surface area contributed by atoms with Crippen LogP contribution in [-0.2, 0) is 4.74 Å². The van der Waals surface area contributed by atoms with Gasteiger partial charge in [-0.05, 0) is 24.6 Å². The van der Waals surface area contributed by atoms with Crippen LogP contribution in [0.1, 0.15) is 24.5 Å². The largest absolute Gasteiger partial charge is 0.496 e. The van der Waals surface area contributed by atoms with Crippen molar-refractivity contribution >= 4 is 0 Å². The molecule has 3 nitrogen and oxygen atoms in total. The lowest BCUT2D eigenvalue weighted by Gasteiger charge is -2.27. The van der Waals surface area contributed by atoms with Gasteiger partial charge in [0.05, 0.1) is 19.3 Å². The molecule has 1 heterocycles. The van der Waals surface area contributed by atoms with Crippen LogP contribution in [0, 0.1) is 5.82 Å². The normalized spacial score (nSPS) is 25.4. The van der Waals surface area contributed by atoms with Gasteiger partial charge in [-0.3, -0.25) is 0 Å². The van der Waals surface area contributed by atoms with Crippen LogP contribution < -0.4 is 4.74 Å². The van der Waals surface area contributed by atoms with Gasteiger partial charge in [-0.15, -0.1) is 0 Å². The minimum absolute atomic E-state index is 0.283. The zero-order valence-corrected chi connectivity index (χ0v) is 9.15. The predicted octanol–water partition coefficient (Wildman–Crippen LogP) is 2.05. The van der Waals surface area contributed by atoms with E-state index in [1.807, 2.05) is 0 Å². The van der Waals surface area contributed by atoms with Gasteiger partial charge in [-0.2, -0.15) is 0 Å². The number of methoxy groups -OCH3 is 1. The number of benzene rings is 1.